The first-order chi connectivity index (χ1) is 13.3. The van der Waals surface area contributed by atoms with E-state index >= 15 is 0 Å². The monoisotopic (exact) mass is 426 g/mol. The second kappa shape index (κ2) is 8.66. The van der Waals surface area contributed by atoms with E-state index in [1.54, 1.807) is 37.1 Å². The molecule has 0 saturated carbocycles. The molecule has 2 aromatic carbocycles. The highest BCUT2D eigenvalue weighted by atomic mass is 35.5. The third kappa shape index (κ3) is 5.89. The Bertz CT molecular complexity index is 902. The summed E-state index contributed by atoms with van der Waals surface area (Å²) in [5.74, 6) is 0.0335. The third-order valence-corrected chi connectivity index (χ3v) is 4.80. The lowest BCUT2D eigenvalue weighted by Gasteiger charge is -2.22. The predicted octanol–water partition coefficient (Wildman–Crippen LogP) is 7.37. The van der Waals surface area contributed by atoms with Gasteiger partial charge in [-0.2, -0.15) is 13.2 Å². The number of aliphatic imine (C=N–C) groups is 1. The maximum atomic E-state index is 13.7. The Balaban J connectivity index is 2.50. The molecular weight excluding hydrogens is 401 g/mol. The van der Waals surface area contributed by atoms with Crippen LogP contribution in [0.2, 0.25) is 5.02 Å². The fourth-order valence-electron chi connectivity index (χ4n) is 2.63. The average Bonchev–Trinajstić information content (AvgIpc) is 2.60. The Morgan fingerprint density at radius 2 is 1.76 bits per heavy atom. The van der Waals surface area contributed by atoms with Crippen molar-refractivity contribution in [3.05, 3.63) is 52.0 Å². The number of halogens is 4. The number of alkyl halides is 3. The van der Waals surface area contributed by atoms with Crippen molar-refractivity contribution in [2.24, 2.45) is 4.99 Å². The molecule has 0 saturated heterocycles. The van der Waals surface area contributed by atoms with Crippen LogP contribution >= 0.6 is 11.6 Å². The van der Waals surface area contributed by atoms with Gasteiger partial charge in [0.05, 0.1) is 12.0 Å². The summed E-state index contributed by atoms with van der Waals surface area (Å²) in [6.07, 6.45) is -3.07. The summed E-state index contributed by atoms with van der Waals surface area (Å²) in [4.78, 5) is 5.96. The van der Waals surface area contributed by atoms with Crippen LogP contribution in [0.4, 0.5) is 18.9 Å². The van der Waals surface area contributed by atoms with E-state index in [1.165, 1.54) is 12.4 Å². The minimum Gasteiger partial charge on any atom is -0.457 e. The van der Waals surface area contributed by atoms with Gasteiger partial charge in [0, 0.05) is 18.6 Å². The molecule has 29 heavy (non-hydrogen) atoms. The Morgan fingerprint density at radius 1 is 1.10 bits per heavy atom. The Kier molecular flexibility index (Phi) is 6.89. The molecule has 3 nitrogen and oxygen atoms in total. The summed E-state index contributed by atoms with van der Waals surface area (Å²) in [5, 5.41) is 0.543. The van der Waals surface area contributed by atoms with Crippen LogP contribution in [0.1, 0.15) is 44.4 Å². The van der Waals surface area contributed by atoms with Crippen molar-refractivity contribution in [3.63, 3.8) is 0 Å². The van der Waals surface area contributed by atoms with Gasteiger partial charge < -0.3 is 9.64 Å². The zero-order valence-electron chi connectivity index (χ0n) is 17.5. The Morgan fingerprint density at radius 3 is 2.31 bits per heavy atom. The number of rotatable bonds is 5. The lowest BCUT2D eigenvalue weighted by Crippen LogP contribution is -2.14. The average molecular weight is 427 g/mol. The summed E-state index contributed by atoms with van der Waals surface area (Å²) in [7, 11) is 1.80. The minimum atomic E-state index is -4.58. The number of hydrogen-bond acceptors (Lipinski definition) is 2. The van der Waals surface area contributed by atoms with E-state index < -0.39 is 11.7 Å². The predicted molar refractivity (Wildman–Crippen MR) is 113 cm³/mol. The molecule has 2 aromatic rings. The van der Waals surface area contributed by atoms with Gasteiger partial charge in [0.25, 0.3) is 0 Å². The molecule has 2 rings (SSSR count). The van der Waals surface area contributed by atoms with Gasteiger partial charge in [0.1, 0.15) is 17.1 Å². The van der Waals surface area contributed by atoms with E-state index in [-0.39, 0.29) is 16.9 Å². The van der Waals surface area contributed by atoms with Crippen molar-refractivity contribution in [3.8, 4) is 11.5 Å². The van der Waals surface area contributed by atoms with E-state index in [9.17, 15) is 13.2 Å². The highest BCUT2D eigenvalue weighted by Crippen LogP contribution is 2.42. The zero-order valence-corrected chi connectivity index (χ0v) is 18.2. The maximum Gasteiger partial charge on any atom is 0.420 e. The Labute approximate surface area is 175 Å². The molecule has 0 bridgehead atoms. The largest absolute Gasteiger partial charge is 0.457 e. The van der Waals surface area contributed by atoms with Gasteiger partial charge in [0.2, 0.25) is 0 Å². The molecule has 0 aliphatic rings. The topological polar surface area (TPSA) is 24.8 Å². The number of aryl methyl sites for hydroxylation is 1. The molecule has 7 heteroatoms. The number of nitrogens with zero attached hydrogens (tertiary/aromatic N) is 2. The lowest BCUT2D eigenvalue weighted by molar-refractivity contribution is -0.138. The van der Waals surface area contributed by atoms with E-state index in [1.807, 2.05) is 27.7 Å². The van der Waals surface area contributed by atoms with Gasteiger partial charge in [-0.15, -0.1) is 0 Å². The maximum absolute atomic E-state index is 13.7. The van der Waals surface area contributed by atoms with Crippen molar-refractivity contribution in [2.45, 2.75) is 46.2 Å². The highest BCUT2D eigenvalue weighted by Gasteiger charge is 2.35. The highest BCUT2D eigenvalue weighted by molar-refractivity contribution is 6.31. The summed E-state index contributed by atoms with van der Waals surface area (Å²) in [5.41, 5.74) is 0.478. The van der Waals surface area contributed by atoms with Crippen molar-refractivity contribution >= 4 is 23.6 Å². The number of ether oxygens (including phenoxy) is 1. The van der Waals surface area contributed by atoms with Crippen molar-refractivity contribution in [1.82, 2.24) is 4.90 Å². The van der Waals surface area contributed by atoms with E-state index in [0.717, 1.165) is 11.6 Å². The molecule has 158 valence electrons. The molecule has 0 radical (unpaired) electrons. The summed E-state index contributed by atoms with van der Waals surface area (Å²) >= 11 is 6.25. The summed E-state index contributed by atoms with van der Waals surface area (Å²) in [6, 6.07) is 7.27. The SMILES string of the molecule is CCN(C)C=Nc1cc(C(F)(F)F)c(Oc2ccc(Cl)c(C(C)(C)C)c2)cc1C. The van der Waals surface area contributed by atoms with Gasteiger partial charge in [-0.05, 0) is 60.7 Å². The van der Waals surface area contributed by atoms with Gasteiger partial charge in [-0.25, -0.2) is 4.99 Å². The molecule has 0 unspecified atom stereocenters. The molecule has 0 spiro atoms. The van der Waals surface area contributed by atoms with Gasteiger partial charge in [-0.1, -0.05) is 32.4 Å². The molecule has 0 N–H and O–H groups in total. The first kappa shape index (κ1) is 23.1. The van der Waals surface area contributed by atoms with Crippen LogP contribution in [0, 0.1) is 6.92 Å². The van der Waals surface area contributed by atoms with Gasteiger partial charge in [-0.3, -0.25) is 0 Å². The fourth-order valence-corrected chi connectivity index (χ4v) is 3.03. The lowest BCUT2D eigenvalue weighted by atomic mass is 9.87. The van der Waals surface area contributed by atoms with Crippen LogP contribution in [0.5, 0.6) is 11.5 Å². The van der Waals surface area contributed by atoms with Crippen LogP contribution in [0.3, 0.4) is 0 Å². The van der Waals surface area contributed by atoms with E-state index in [0.29, 0.717) is 22.9 Å². The quantitative estimate of drug-likeness (QED) is 0.368. The first-order valence-corrected chi connectivity index (χ1v) is 9.65. The van der Waals surface area contributed by atoms with Gasteiger partial charge in [0.15, 0.2) is 0 Å². The second-order valence-electron chi connectivity index (χ2n) is 7.94. The van der Waals surface area contributed by atoms with Crippen LogP contribution in [-0.2, 0) is 11.6 Å². The minimum absolute atomic E-state index is 0.247. The molecule has 0 amide bonds. The van der Waals surface area contributed by atoms with Crippen molar-refractivity contribution in [2.75, 3.05) is 13.6 Å². The van der Waals surface area contributed by atoms with Gasteiger partial charge >= 0.3 is 6.18 Å². The van der Waals surface area contributed by atoms with Crippen molar-refractivity contribution < 1.29 is 17.9 Å². The molecule has 0 aliphatic heterocycles. The summed E-state index contributed by atoms with van der Waals surface area (Å²) < 4.78 is 46.8. The standard InChI is InChI=1S/C22H26ClF3N2O/c1-7-28(6)13-27-19-12-17(22(24,25)26)20(10-14(19)2)29-15-8-9-18(23)16(11-15)21(3,4)5/h8-13H,7H2,1-6H3. The molecule has 0 aromatic heterocycles. The van der Waals surface area contributed by atoms with Crippen LogP contribution < -0.4 is 4.74 Å². The molecule has 0 aliphatic carbocycles. The van der Waals surface area contributed by atoms with E-state index in [2.05, 4.69) is 4.99 Å². The molecular formula is C22H26ClF3N2O. The number of benzene rings is 2. The first-order valence-electron chi connectivity index (χ1n) is 9.27. The zero-order chi connectivity index (χ0) is 22.0. The second-order valence-corrected chi connectivity index (χ2v) is 8.35. The number of hydrogen-bond donors (Lipinski definition) is 0. The van der Waals surface area contributed by atoms with Crippen molar-refractivity contribution in [1.29, 1.82) is 0 Å². The fraction of sp³-hybridized carbons (Fsp3) is 0.409. The third-order valence-electron chi connectivity index (χ3n) is 4.47. The molecule has 0 atom stereocenters. The van der Waals surface area contributed by atoms with Crippen LogP contribution in [0.15, 0.2) is 35.3 Å². The smallest absolute Gasteiger partial charge is 0.420 e. The van der Waals surface area contributed by atoms with Crippen LogP contribution in [0.25, 0.3) is 0 Å². The molecule has 0 heterocycles. The summed E-state index contributed by atoms with van der Waals surface area (Å²) in [6.45, 7) is 10.3. The Hall–Kier alpha value is -2.21. The normalized spacial score (nSPS) is 12.5. The van der Waals surface area contributed by atoms with Crippen LogP contribution in [-0.4, -0.2) is 24.8 Å². The molecule has 0 fully saturated rings. The van der Waals surface area contributed by atoms with E-state index in [4.69, 9.17) is 16.3 Å².